The molecular formula is C20H16F3N3O3. The summed E-state index contributed by atoms with van der Waals surface area (Å²) in [5.74, 6) is -1.30. The highest BCUT2D eigenvalue weighted by atomic mass is 19.4. The topological polar surface area (TPSA) is 78.5 Å². The first-order chi connectivity index (χ1) is 13.6. The van der Waals surface area contributed by atoms with Gasteiger partial charge in [-0.2, -0.15) is 13.2 Å². The van der Waals surface area contributed by atoms with Crippen LogP contribution in [0.4, 0.5) is 23.7 Å². The normalized spacial score (nSPS) is 15.6. The largest absolute Gasteiger partial charge is 0.416 e. The van der Waals surface area contributed by atoms with E-state index in [-0.39, 0.29) is 5.70 Å². The first kappa shape index (κ1) is 20.1. The predicted octanol–water partition coefficient (Wildman–Crippen LogP) is 3.55. The number of aryl methyl sites for hydroxylation is 1. The first-order valence-electron chi connectivity index (χ1n) is 8.52. The van der Waals surface area contributed by atoms with Gasteiger partial charge < -0.3 is 10.6 Å². The van der Waals surface area contributed by atoms with Gasteiger partial charge in [0, 0.05) is 5.69 Å². The lowest BCUT2D eigenvalue weighted by molar-refractivity contribution is -0.137. The highest BCUT2D eigenvalue weighted by molar-refractivity contribution is 6.15. The van der Waals surface area contributed by atoms with Gasteiger partial charge in [0.1, 0.15) is 12.2 Å². The summed E-state index contributed by atoms with van der Waals surface area (Å²) in [4.78, 5) is 37.3. The highest BCUT2D eigenvalue weighted by Gasteiger charge is 2.35. The molecule has 2 aromatic rings. The number of nitrogens with one attached hydrogen (secondary N) is 2. The fourth-order valence-corrected chi connectivity index (χ4v) is 2.72. The number of hydrogen-bond donors (Lipinski definition) is 2. The number of urea groups is 1. The van der Waals surface area contributed by atoms with Crippen molar-refractivity contribution in [1.29, 1.82) is 0 Å². The lowest BCUT2D eigenvalue weighted by Crippen LogP contribution is -2.38. The molecule has 2 aromatic carbocycles. The van der Waals surface area contributed by atoms with Crippen LogP contribution in [-0.4, -0.2) is 29.3 Å². The monoisotopic (exact) mass is 403 g/mol. The van der Waals surface area contributed by atoms with E-state index in [1.807, 2.05) is 13.0 Å². The average molecular weight is 403 g/mol. The maximum atomic E-state index is 12.6. The number of halogens is 3. The smallest absolute Gasteiger partial charge is 0.325 e. The van der Waals surface area contributed by atoms with E-state index in [1.54, 1.807) is 18.2 Å². The Bertz CT molecular complexity index is 998. The van der Waals surface area contributed by atoms with Crippen LogP contribution >= 0.6 is 0 Å². The van der Waals surface area contributed by atoms with E-state index in [4.69, 9.17) is 0 Å². The molecule has 1 heterocycles. The number of imide groups is 1. The molecule has 3 rings (SSSR count). The Kier molecular flexibility index (Phi) is 5.40. The van der Waals surface area contributed by atoms with E-state index in [0.29, 0.717) is 11.3 Å². The van der Waals surface area contributed by atoms with Gasteiger partial charge in [-0.1, -0.05) is 24.3 Å². The summed E-state index contributed by atoms with van der Waals surface area (Å²) in [6, 6.07) is 10.3. The Morgan fingerprint density at radius 1 is 1.14 bits per heavy atom. The first-order valence-corrected chi connectivity index (χ1v) is 8.52. The summed E-state index contributed by atoms with van der Waals surface area (Å²) in [7, 11) is 0. The number of hydrogen-bond acceptors (Lipinski definition) is 3. The van der Waals surface area contributed by atoms with Crippen molar-refractivity contribution >= 4 is 29.6 Å². The van der Waals surface area contributed by atoms with E-state index in [1.165, 1.54) is 18.2 Å². The summed E-state index contributed by atoms with van der Waals surface area (Å²) >= 11 is 0. The molecule has 2 N–H and O–H groups in total. The third kappa shape index (κ3) is 4.81. The number of benzene rings is 2. The van der Waals surface area contributed by atoms with Crippen molar-refractivity contribution in [3.8, 4) is 0 Å². The molecule has 0 saturated carbocycles. The third-order valence-corrected chi connectivity index (χ3v) is 4.11. The number of carbonyl (C=O) groups excluding carboxylic acids is 3. The molecule has 0 atom stereocenters. The van der Waals surface area contributed by atoms with Crippen molar-refractivity contribution in [2.75, 3.05) is 11.9 Å². The second-order valence-electron chi connectivity index (χ2n) is 6.42. The van der Waals surface area contributed by atoms with Gasteiger partial charge in [0.2, 0.25) is 5.91 Å². The number of anilines is 1. The maximum absolute atomic E-state index is 12.6. The molecule has 9 heteroatoms. The third-order valence-electron chi connectivity index (χ3n) is 4.11. The predicted molar refractivity (Wildman–Crippen MR) is 99.5 cm³/mol. The molecule has 0 aliphatic carbocycles. The van der Waals surface area contributed by atoms with E-state index in [0.717, 1.165) is 22.6 Å². The molecule has 1 fully saturated rings. The minimum absolute atomic E-state index is 0.127. The van der Waals surface area contributed by atoms with Crippen LogP contribution in [0.5, 0.6) is 0 Å². The summed E-state index contributed by atoms with van der Waals surface area (Å²) in [5, 5.41) is 4.92. The van der Waals surface area contributed by atoms with Crippen LogP contribution in [0.25, 0.3) is 6.08 Å². The van der Waals surface area contributed by atoms with Crippen molar-refractivity contribution in [2.24, 2.45) is 0 Å². The van der Waals surface area contributed by atoms with Crippen LogP contribution in [0.2, 0.25) is 0 Å². The molecule has 0 unspecified atom stereocenters. The molecule has 1 aliphatic rings. The lowest BCUT2D eigenvalue weighted by Gasteiger charge is -2.12. The summed E-state index contributed by atoms with van der Waals surface area (Å²) in [5.41, 5.74) is 0.809. The zero-order valence-corrected chi connectivity index (χ0v) is 15.2. The fourth-order valence-electron chi connectivity index (χ4n) is 2.72. The van der Waals surface area contributed by atoms with Crippen LogP contribution in [0.15, 0.2) is 54.2 Å². The van der Waals surface area contributed by atoms with Crippen molar-refractivity contribution in [3.63, 3.8) is 0 Å². The van der Waals surface area contributed by atoms with Gasteiger partial charge in [0.05, 0.1) is 5.56 Å². The minimum atomic E-state index is -4.47. The molecular weight excluding hydrogens is 387 g/mol. The lowest BCUT2D eigenvalue weighted by atomic mass is 10.1. The summed E-state index contributed by atoms with van der Waals surface area (Å²) in [6.45, 7) is 1.36. The van der Waals surface area contributed by atoms with E-state index in [2.05, 4.69) is 10.6 Å². The highest BCUT2D eigenvalue weighted by Crippen LogP contribution is 2.29. The second kappa shape index (κ2) is 7.78. The molecule has 150 valence electrons. The molecule has 1 saturated heterocycles. The number of alkyl halides is 3. The molecule has 1 aliphatic heterocycles. The van der Waals surface area contributed by atoms with Gasteiger partial charge >= 0.3 is 12.2 Å². The zero-order chi connectivity index (χ0) is 21.2. The van der Waals surface area contributed by atoms with Gasteiger partial charge in [-0.15, -0.1) is 0 Å². The Labute approximate surface area is 164 Å². The maximum Gasteiger partial charge on any atom is 0.416 e. The molecule has 0 radical (unpaired) electrons. The second-order valence-corrected chi connectivity index (χ2v) is 6.42. The molecule has 0 bridgehead atoms. The van der Waals surface area contributed by atoms with Crippen LogP contribution in [-0.2, 0) is 15.8 Å². The molecule has 6 nitrogen and oxygen atoms in total. The van der Waals surface area contributed by atoms with Gasteiger partial charge in [0.15, 0.2) is 0 Å². The molecule has 29 heavy (non-hydrogen) atoms. The van der Waals surface area contributed by atoms with Crippen LogP contribution < -0.4 is 10.6 Å². The van der Waals surface area contributed by atoms with Crippen LogP contribution in [0.1, 0.15) is 16.7 Å². The Hall–Kier alpha value is -3.62. The Morgan fingerprint density at radius 3 is 2.45 bits per heavy atom. The van der Waals surface area contributed by atoms with E-state index >= 15 is 0 Å². The molecule has 0 aromatic heterocycles. The van der Waals surface area contributed by atoms with Crippen molar-refractivity contribution in [3.05, 3.63) is 70.9 Å². The quantitative estimate of drug-likeness (QED) is 0.606. The Balaban J connectivity index is 1.69. The number of nitrogens with zero attached hydrogens (tertiary/aromatic N) is 1. The van der Waals surface area contributed by atoms with Crippen LogP contribution in [0.3, 0.4) is 0 Å². The van der Waals surface area contributed by atoms with E-state index in [9.17, 15) is 27.6 Å². The SMILES string of the molecule is Cc1cccc(NC(=O)CN2C(=O)N/C(=C/c3ccc(C(F)(F)F)cc3)C2=O)c1. The fraction of sp³-hybridized carbons (Fsp3) is 0.150. The molecule has 0 spiro atoms. The number of amides is 4. The van der Waals surface area contributed by atoms with E-state index < -0.39 is 36.1 Å². The Morgan fingerprint density at radius 2 is 1.83 bits per heavy atom. The van der Waals surface area contributed by atoms with Gasteiger partial charge in [-0.25, -0.2) is 9.69 Å². The van der Waals surface area contributed by atoms with Crippen molar-refractivity contribution < 1.29 is 27.6 Å². The minimum Gasteiger partial charge on any atom is -0.325 e. The summed E-state index contributed by atoms with van der Waals surface area (Å²) in [6.07, 6.45) is -3.22. The number of carbonyl (C=O) groups is 3. The van der Waals surface area contributed by atoms with Gasteiger partial charge in [-0.05, 0) is 48.4 Å². The molecule has 4 amide bonds. The van der Waals surface area contributed by atoms with Crippen molar-refractivity contribution in [1.82, 2.24) is 10.2 Å². The number of rotatable bonds is 4. The van der Waals surface area contributed by atoms with Crippen LogP contribution in [0, 0.1) is 6.92 Å². The zero-order valence-electron chi connectivity index (χ0n) is 15.2. The van der Waals surface area contributed by atoms with Crippen molar-refractivity contribution in [2.45, 2.75) is 13.1 Å². The standard InChI is InChI=1S/C20H16F3N3O3/c1-12-3-2-4-15(9-12)24-17(27)11-26-18(28)16(25-19(26)29)10-13-5-7-14(8-6-13)20(21,22)23/h2-10H,11H2,1H3,(H,24,27)(H,25,29)/b16-10+. The average Bonchev–Trinajstić information content (AvgIpc) is 2.89. The van der Waals surface area contributed by atoms with Gasteiger partial charge in [-0.3, -0.25) is 9.59 Å². The summed E-state index contributed by atoms with van der Waals surface area (Å²) < 4.78 is 37.9. The van der Waals surface area contributed by atoms with Gasteiger partial charge in [0.25, 0.3) is 5.91 Å².